The third-order valence-electron chi connectivity index (χ3n) is 4.04. The summed E-state index contributed by atoms with van der Waals surface area (Å²) in [6.45, 7) is 5.11. The van der Waals surface area contributed by atoms with Crippen LogP contribution in [-0.2, 0) is 4.79 Å². The predicted octanol–water partition coefficient (Wildman–Crippen LogP) is 1.54. The summed E-state index contributed by atoms with van der Waals surface area (Å²) in [6.07, 6.45) is 4.11. The van der Waals surface area contributed by atoms with E-state index >= 15 is 0 Å². The first-order chi connectivity index (χ1) is 10.1. The lowest BCUT2D eigenvalue weighted by atomic mass is 9.99. The molecule has 1 aliphatic carbocycles. The first-order valence-corrected chi connectivity index (χ1v) is 7.60. The van der Waals surface area contributed by atoms with Gasteiger partial charge in [0.05, 0.1) is 5.69 Å². The number of nitrogens with zero attached hydrogens (tertiary/aromatic N) is 2. The average molecular weight is 291 g/mol. The maximum absolute atomic E-state index is 12.8. The van der Waals surface area contributed by atoms with Gasteiger partial charge in [0.1, 0.15) is 6.04 Å². The summed E-state index contributed by atoms with van der Waals surface area (Å²) < 4.78 is 5.34. The minimum atomic E-state index is -0.414. The Balaban J connectivity index is 1.83. The second-order valence-electron chi connectivity index (χ2n) is 6.28. The first kappa shape index (κ1) is 14.1. The number of hydrogen-bond acceptors (Lipinski definition) is 4. The molecule has 2 heterocycles. The molecule has 3 rings (SSSR count). The highest BCUT2D eigenvalue weighted by Gasteiger charge is 2.38. The lowest BCUT2D eigenvalue weighted by molar-refractivity contribution is -0.128. The van der Waals surface area contributed by atoms with E-state index in [1.54, 1.807) is 4.90 Å². The van der Waals surface area contributed by atoms with Gasteiger partial charge >= 0.3 is 0 Å². The minimum Gasteiger partial charge on any atom is -0.438 e. The molecule has 1 N–H and O–H groups in total. The van der Waals surface area contributed by atoms with Crippen molar-refractivity contribution in [2.45, 2.75) is 45.1 Å². The minimum absolute atomic E-state index is 0.0733. The number of aromatic nitrogens is 1. The molecule has 114 valence electrons. The highest BCUT2D eigenvalue weighted by atomic mass is 16.4. The fraction of sp³-hybridized carbons (Fsp3) is 0.667. The standard InChI is InChI=1S/C15H21N3O3/c1-9(2)7-11-14(19)16-5-6-18(11)15(20)13-12(10-3-4-10)17-8-21-13/h8-11H,3-7H2,1-2H3,(H,16,19)/t11-/m1/s1. The van der Waals surface area contributed by atoms with E-state index in [4.69, 9.17) is 4.42 Å². The molecule has 0 unspecified atom stereocenters. The van der Waals surface area contributed by atoms with Gasteiger partial charge < -0.3 is 14.6 Å². The summed E-state index contributed by atoms with van der Waals surface area (Å²) in [6, 6.07) is -0.414. The molecule has 1 aromatic rings. The van der Waals surface area contributed by atoms with Gasteiger partial charge in [0.2, 0.25) is 11.7 Å². The van der Waals surface area contributed by atoms with Gasteiger partial charge in [-0.2, -0.15) is 0 Å². The summed E-state index contributed by atoms with van der Waals surface area (Å²) in [4.78, 5) is 30.7. The normalized spacial score (nSPS) is 22.5. The lowest BCUT2D eigenvalue weighted by Crippen LogP contribution is -2.57. The maximum atomic E-state index is 12.8. The van der Waals surface area contributed by atoms with Crippen LogP contribution in [0.1, 0.15) is 55.3 Å². The second-order valence-corrected chi connectivity index (χ2v) is 6.28. The van der Waals surface area contributed by atoms with E-state index in [2.05, 4.69) is 24.1 Å². The zero-order valence-corrected chi connectivity index (χ0v) is 12.5. The van der Waals surface area contributed by atoms with Crippen LogP contribution >= 0.6 is 0 Å². The largest absolute Gasteiger partial charge is 0.438 e. The maximum Gasteiger partial charge on any atom is 0.292 e. The van der Waals surface area contributed by atoms with Crippen molar-refractivity contribution >= 4 is 11.8 Å². The van der Waals surface area contributed by atoms with E-state index < -0.39 is 6.04 Å². The number of oxazole rings is 1. The van der Waals surface area contributed by atoms with Crippen LogP contribution < -0.4 is 5.32 Å². The van der Waals surface area contributed by atoms with Crippen molar-refractivity contribution in [1.82, 2.24) is 15.2 Å². The van der Waals surface area contributed by atoms with Gasteiger partial charge in [0.15, 0.2) is 6.39 Å². The van der Waals surface area contributed by atoms with Crippen LogP contribution in [0.5, 0.6) is 0 Å². The van der Waals surface area contributed by atoms with E-state index in [0.29, 0.717) is 37.1 Å². The fourth-order valence-electron chi connectivity index (χ4n) is 2.83. The topological polar surface area (TPSA) is 75.4 Å². The monoisotopic (exact) mass is 291 g/mol. The molecular formula is C15H21N3O3. The number of carbonyl (C=O) groups excluding carboxylic acids is 2. The van der Waals surface area contributed by atoms with Crippen LogP contribution in [0.15, 0.2) is 10.8 Å². The highest BCUT2D eigenvalue weighted by Crippen LogP contribution is 2.41. The number of hydrogen-bond donors (Lipinski definition) is 1. The van der Waals surface area contributed by atoms with Gasteiger partial charge in [0, 0.05) is 19.0 Å². The first-order valence-electron chi connectivity index (χ1n) is 7.60. The molecule has 0 radical (unpaired) electrons. The third-order valence-corrected chi connectivity index (χ3v) is 4.04. The van der Waals surface area contributed by atoms with Crippen LogP contribution in [-0.4, -0.2) is 40.8 Å². The Hall–Kier alpha value is -1.85. The lowest BCUT2D eigenvalue weighted by Gasteiger charge is -2.35. The van der Waals surface area contributed by atoms with Gasteiger partial charge in [-0.3, -0.25) is 9.59 Å². The van der Waals surface area contributed by atoms with Crippen molar-refractivity contribution in [3.05, 3.63) is 17.8 Å². The van der Waals surface area contributed by atoms with Gasteiger partial charge in [0.25, 0.3) is 5.91 Å². The highest BCUT2D eigenvalue weighted by molar-refractivity contribution is 5.97. The smallest absolute Gasteiger partial charge is 0.292 e. The molecule has 1 atom stereocenters. The van der Waals surface area contributed by atoms with Gasteiger partial charge in [-0.1, -0.05) is 13.8 Å². The molecule has 1 aromatic heterocycles. The third kappa shape index (κ3) is 2.80. The molecule has 1 aliphatic heterocycles. The van der Waals surface area contributed by atoms with Gasteiger partial charge in [-0.15, -0.1) is 0 Å². The fourth-order valence-corrected chi connectivity index (χ4v) is 2.83. The van der Waals surface area contributed by atoms with Crippen LogP contribution in [0.25, 0.3) is 0 Å². The number of piperazine rings is 1. The molecule has 2 fully saturated rings. The molecule has 1 saturated carbocycles. The van der Waals surface area contributed by atoms with Crippen LogP contribution in [0.4, 0.5) is 0 Å². The van der Waals surface area contributed by atoms with Crippen LogP contribution in [0.2, 0.25) is 0 Å². The van der Waals surface area contributed by atoms with Crippen molar-refractivity contribution in [2.24, 2.45) is 5.92 Å². The van der Waals surface area contributed by atoms with Gasteiger partial charge in [-0.05, 0) is 25.2 Å². The predicted molar refractivity (Wildman–Crippen MR) is 75.8 cm³/mol. The molecule has 21 heavy (non-hydrogen) atoms. The molecule has 2 amide bonds. The summed E-state index contributed by atoms with van der Waals surface area (Å²) in [5.74, 6) is 0.739. The van der Waals surface area contributed by atoms with E-state index in [1.807, 2.05) is 0 Å². The van der Waals surface area contributed by atoms with Crippen molar-refractivity contribution < 1.29 is 14.0 Å². The van der Waals surface area contributed by atoms with E-state index in [-0.39, 0.29) is 11.8 Å². The molecule has 2 aliphatic rings. The van der Waals surface area contributed by atoms with Crippen molar-refractivity contribution in [3.8, 4) is 0 Å². The van der Waals surface area contributed by atoms with E-state index in [0.717, 1.165) is 18.5 Å². The van der Waals surface area contributed by atoms with Crippen LogP contribution in [0.3, 0.4) is 0 Å². The molecule has 0 spiro atoms. The van der Waals surface area contributed by atoms with Crippen LogP contribution in [0, 0.1) is 5.92 Å². The number of rotatable bonds is 4. The Labute approximate surface area is 123 Å². The summed E-state index contributed by atoms with van der Waals surface area (Å²) in [5, 5.41) is 2.84. The zero-order valence-electron chi connectivity index (χ0n) is 12.5. The molecule has 0 aromatic carbocycles. The summed E-state index contributed by atoms with van der Waals surface area (Å²) in [7, 11) is 0. The Kier molecular flexibility index (Phi) is 3.69. The van der Waals surface area contributed by atoms with E-state index in [1.165, 1.54) is 6.39 Å². The summed E-state index contributed by atoms with van der Waals surface area (Å²) >= 11 is 0. The van der Waals surface area contributed by atoms with E-state index in [9.17, 15) is 9.59 Å². The molecule has 0 bridgehead atoms. The second kappa shape index (κ2) is 5.50. The Morgan fingerprint density at radius 2 is 2.29 bits per heavy atom. The van der Waals surface area contributed by atoms with Gasteiger partial charge in [-0.25, -0.2) is 4.98 Å². The number of carbonyl (C=O) groups is 2. The zero-order chi connectivity index (χ0) is 15.0. The Bertz CT molecular complexity index is 548. The van der Waals surface area contributed by atoms with Crippen molar-refractivity contribution in [1.29, 1.82) is 0 Å². The SMILES string of the molecule is CC(C)C[C@@H]1C(=O)NCCN1C(=O)c1ocnc1C1CC1. The Morgan fingerprint density at radius 1 is 1.52 bits per heavy atom. The van der Waals surface area contributed by atoms with Crippen molar-refractivity contribution in [3.63, 3.8) is 0 Å². The Morgan fingerprint density at radius 3 is 2.95 bits per heavy atom. The molecule has 6 nitrogen and oxygen atoms in total. The van der Waals surface area contributed by atoms with Crippen molar-refractivity contribution in [2.75, 3.05) is 13.1 Å². The average Bonchev–Trinajstić information content (AvgIpc) is 3.17. The quantitative estimate of drug-likeness (QED) is 0.913. The molecule has 6 heteroatoms. The molecular weight excluding hydrogens is 270 g/mol. The summed E-state index contributed by atoms with van der Waals surface area (Å²) in [5.41, 5.74) is 0.759. The number of nitrogens with one attached hydrogen (secondary N) is 1. The number of amides is 2. The molecule has 1 saturated heterocycles.